The summed E-state index contributed by atoms with van der Waals surface area (Å²) < 4.78 is 34.1. The number of halogens is 2. The smallest absolute Gasteiger partial charge is 0.408 e. The molecule has 0 unspecified atom stereocenters. The summed E-state index contributed by atoms with van der Waals surface area (Å²) >= 11 is 11.9. The van der Waals surface area contributed by atoms with Gasteiger partial charge in [0.1, 0.15) is 0 Å². The number of aromatic nitrogens is 1. The van der Waals surface area contributed by atoms with Crippen molar-refractivity contribution in [3.05, 3.63) is 62.1 Å². The van der Waals surface area contributed by atoms with Gasteiger partial charge < -0.3 is 4.42 Å². The standard InChI is InChI=1S/C16H14Cl2N2O4S/c1-9-5-13-14(24-16(21)20(13)2)7-15(9)25(22,23)19-8-10-3-4-11(17)6-12(10)18/h3-7,19H,8H2,1-2H3. The normalized spacial score (nSPS) is 12.0. The Kier molecular flexibility index (Phi) is 4.68. The van der Waals surface area contributed by atoms with Crippen molar-refractivity contribution in [3.8, 4) is 0 Å². The first-order chi connectivity index (χ1) is 11.7. The molecule has 0 atom stereocenters. The highest BCUT2D eigenvalue weighted by atomic mass is 35.5. The second kappa shape index (κ2) is 6.49. The van der Waals surface area contributed by atoms with Crippen LogP contribution in [-0.2, 0) is 23.6 Å². The van der Waals surface area contributed by atoms with Gasteiger partial charge in [0, 0.05) is 29.7 Å². The molecule has 1 heterocycles. The van der Waals surface area contributed by atoms with E-state index in [0.29, 0.717) is 26.7 Å². The van der Waals surface area contributed by atoms with Crippen molar-refractivity contribution < 1.29 is 12.8 Å². The van der Waals surface area contributed by atoms with Crippen LogP contribution < -0.4 is 10.5 Å². The van der Waals surface area contributed by atoms with Gasteiger partial charge in [-0.2, -0.15) is 0 Å². The van der Waals surface area contributed by atoms with Crippen LogP contribution in [0.4, 0.5) is 0 Å². The summed E-state index contributed by atoms with van der Waals surface area (Å²) in [6, 6.07) is 7.77. The van der Waals surface area contributed by atoms with E-state index >= 15 is 0 Å². The van der Waals surface area contributed by atoms with E-state index in [1.165, 1.54) is 10.6 Å². The lowest BCUT2D eigenvalue weighted by atomic mass is 10.2. The van der Waals surface area contributed by atoms with Crippen molar-refractivity contribution >= 4 is 44.3 Å². The molecule has 0 bridgehead atoms. The lowest BCUT2D eigenvalue weighted by molar-refractivity contribution is 0.527. The third-order valence-corrected chi connectivity index (χ3v) is 5.98. The fraction of sp³-hybridized carbons (Fsp3) is 0.188. The minimum absolute atomic E-state index is 0.00848. The Morgan fingerprint density at radius 3 is 2.60 bits per heavy atom. The zero-order valence-electron chi connectivity index (χ0n) is 13.3. The molecule has 1 aromatic heterocycles. The van der Waals surface area contributed by atoms with Crippen molar-refractivity contribution in [2.75, 3.05) is 0 Å². The van der Waals surface area contributed by atoms with Crippen LogP contribution in [0.2, 0.25) is 10.0 Å². The van der Waals surface area contributed by atoms with Gasteiger partial charge in [0.15, 0.2) is 5.58 Å². The van der Waals surface area contributed by atoms with Crippen LogP contribution >= 0.6 is 23.2 Å². The van der Waals surface area contributed by atoms with E-state index < -0.39 is 15.8 Å². The number of fused-ring (bicyclic) bond motifs is 1. The summed E-state index contributed by atoms with van der Waals surface area (Å²) in [4.78, 5) is 11.6. The molecule has 9 heteroatoms. The number of benzene rings is 2. The van der Waals surface area contributed by atoms with E-state index in [-0.39, 0.29) is 17.0 Å². The van der Waals surface area contributed by atoms with E-state index in [4.69, 9.17) is 27.6 Å². The summed E-state index contributed by atoms with van der Waals surface area (Å²) in [6.45, 7) is 1.66. The molecule has 2 aromatic carbocycles. The minimum atomic E-state index is -3.82. The van der Waals surface area contributed by atoms with Crippen LogP contribution in [-0.4, -0.2) is 13.0 Å². The average Bonchev–Trinajstić information content (AvgIpc) is 2.80. The summed E-state index contributed by atoms with van der Waals surface area (Å²) in [6.07, 6.45) is 0. The fourth-order valence-electron chi connectivity index (χ4n) is 2.46. The molecule has 1 N–H and O–H groups in total. The molecule has 0 spiro atoms. The molecule has 3 aromatic rings. The molecule has 0 saturated carbocycles. The zero-order chi connectivity index (χ0) is 18.4. The lowest BCUT2D eigenvalue weighted by Gasteiger charge is -2.10. The number of nitrogens with one attached hydrogen (secondary N) is 1. The Hall–Kier alpha value is -1.80. The summed E-state index contributed by atoms with van der Waals surface area (Å²) in [5.41, 5.74) is 1.84. The lowest BCUT2D eigenvalue weighted by Crippen LogP contribution is -2.24. The van der Waals surface area contributed by atoms with Crippen LogP contribution in [0.5, 0.6) is 0 Å². The van der Waals surface area contributed by atoms with Gasteiger partial charge in [-0.15, -0.1) is 0 Å². The van der Waals surface area contributed by atoms with E-state index in [2.05, 4.69) is 4.72 Å². The maximum absolute atomic E-state index is 12.6. The summed E-state index contributed by atoms with van der Waals surface area (Å²) in [5, 5.41) is 0.841. The molecule has 0 aliphatic carbocycles. The molecule has 0 aliphatic heterocycles. The first-order valence-electron chi connectivity index (χ1n) is 7.23. The number of aryl methyl sites for hydroxylation is 2. The molecule has 0 amide bonds. The van der Waals surface area contributed by atoms with E-state index in [1.54, 1.807) is 38.2 Å². The van der Waals surface area contributed by atoms with Gasteiger partial charge in [-0.3, -0.25) is 4.57 Å². The number of hydrogen-bond acceptors (Lipinski definition) is 4. The van der Waals surface area contributed by atoms with Crippen molar-refractivity contribution in [3.63, 3.8) is 0 Å². The van der Waals surface area contributed by atoms with Crippen molar-refractivity contribution in [2.24, 2.45) is 7.05 Å². The first kappa shape index (κ1) is 18.0. The summed E-state index contributed by atoms with van der Waals surface area (Å²) in [5.74, 6) is -0.551. The largest absolute Gasteiger partial charge is 0.419 e. The Labute approximate surface area is 154 Å². The number of rotatable bonds is 4. The van der Waals surface area contributed by atoms with Crippen LogP contribution in [0.25, 0.3) is 11.1 Å². The molecule has 0 saturated heterocycles. The van der Waals surface area contributed by atoms with E-state index in [1.807, 2.05) is 0 Å². The maximum atomic E-state index is 12.6. The number of sulfonamides is 1. The van der Waals surface area contributed by atoms with Gasteiger partial charge in [-0.05, 0) is 36.2 Å². The third kappa shape index (κ3) is 3.46. The van der Waals surface area contributed by atoms with Gasteiger partial charge in [-0.25, -0.2) is 17.9 Å². The van der Waals surface area contributed by atoms with Gasteiger partial charge in [0.25, 0.3) is 0 Å². The van der Waals surface area contributed by atoms with E-state index in [9.17, 15) is 13.2 Å². The van der Waals surface area contributed by atoms with Crippen LogP contribution in [0.3, 0.4) is 0 Å². The molecular formula is C16H14Cl2N2O4S. The number of nitrogens with zero attached hydrogens (tertiary/aromatic N) is 1. The van der Waals surface area contributed by atoms with Crippen molar-refractivity contribution in [1.82, 2.24) is 9.29 Å². The van der Waals surface area contributed by atoms with Gasteiger partial charge in [0.2, 0.25) is 10.0 Å². The predicted molar refractivity (Wildman–Crippen MR) is 96.7 cm³/mol. The second-order valence-electron chi connectivity index (χ2n) is 5.57. The number of hydrogen-bond donors (Lipinski definition) is 1. The minimum Gasteiger partial charge on any atom is -0.408 e. The van der Waals surface area contributed by atoms with Gasteiger partial charge in [-0.1, -0.05) is 29.3 Å². The zero-order valence-corrected chi connectivity index (χ0v) is 15.7. The fourth-order valence-corrected chi connectivity index (χ4v) is 4.19. The molecule has 0 fully saturated rings. The summed E-state index contributed by atoms with van der Waals surface area (Å²) in [7, 11) is -2.27. The molecule has 6 nitrogen and oxygen atoms in total. The van der Waals surface area contributed by atoms with E-state index in [0.717, 1.165) is 0 Å². The van der Waals surface area contributed by atoms with Gasteiger partial charge >= 0.3 is 5.76 Å². The van der Waals surface area contributed by atoms with Crippen LogP contribution in [0.15, 0.2) is 44.4 Å². The Bertz CT molecular complexity index is 1130. The Balaban J connectivity index is 1.95. The second-order valence-corrected chi connectivity index (χ2v) is 8.15. The third-order valence-electron chi connectivity index (χ3n) is 3.85. The highest BCUT2D eigenvalue weighted by Gasteiger charge is 2.20. The predicted octanol–water partition coefficient (Wildman–Crippen LogP) is 3.23. The number of oxazole rings is 1. The Morgan fingerprint density at radius 2 is 1.92 bits per heavy atom. The van der Waals surface area contributed by atoms with Crippen LogP contribution in [0.1, 0.15) is 11.1 Å². The topological polar surface area (TPSA) is 81.3 Å². The molecule has 0 aliphatic rings. The SMILES string of the molecule is Cc1cc2c(cc1S(=O)(=O)NCc1ccc(Cl)cc1Cl)oc(=O)n2C. The molecular weight excluding hydrogens is 387 g/mol. The molecule has 0 radical (unpaired) electrons. The van der Waals surface area contributed by atoms with Crippen LogP contribution in [0, 0.1) is 6.92 Å². The van der Waals surface area contributed by atoms with Crippen molar-refractivity contribution in [1.29, 1.82) is 0 Å². The first-order valence-corrected chi connectivity index (χ1v) is 9.47. The average molecular weight is 401 g/mol. The Morgan fingerprint density at radius 1 is 1.20 bits per heavy atom. The highest BCUT2D eigenvalue weighted by Crippen LogP contribution is 2.24. The highest BCUT2D eigenvalue weighted by molar-refractivity contribution is 7.89. The van der Waals surface area contributed by atoms with Crippen molar-refractivity contribution in [2.45, 2.75) is 18.4 Å². The maximum Gasteiger partial charge on any atom is 0.419 e. The molecule has 25 heavy (non-hydrogen) atoms. The molecule has 3 rings (SSSR count). The quantitative estimate of drug-likeness (QED) is 0.728. The molecule has 132 valence electrons. The monoisotopic (exact) mass is 400 g/mol. The van der Waals surface area contributed by atoms with Gasteiger partial charge in [0.05, 0.1) is 10.4 Å².